The lowest BCUT2D eigenvalue weighted by Crippen LogP contribution is -2.16. The molecule has 1 N–H and O–H groups in total. The minimum Gasteiger partial charge on any atom is -0.479 e. The van der Waals surface area contributed by atoms with E-state index in [9.17, 15) is 4.79 Å². The fourth-order valence-corrected chi connectivity index (χ4v) is 6.54. The van der Waals surface area contributed by atoms with Crippen molar-refractivity contribution in [1.29, 1.82) is 0 Å². The van der Waals surface area contributed by atoms with Gasteiger partial charge in [-0.05, 0) is 48.5 Å². The van der Waals surface area contributed by atoms with Gasteiger partial charge in [0.1, 0.15) is 16.4 Å². The molecule has 0 atom stereocenters. The van der Waals surface area contributed by atoms with Crippen LogP contribution in [0.25, 0.3) is 34.0 Å². The molecule has 47 heavy (non-hydrogen) atoms. The second-order valence-corrected chi connectivity index (χ2v) is 12.5. The second-order valence-electron chi connectivity index (χ2n) is 10.2. The van der Waals surface area contributed by atoms with Gasteiger partial charge in [-0.25, -0.2) is 9.97 Å². The Kier molecular flexibility index (Phi) is 8.85. The summed E-state index contributed by atoms with van der Waals surface area (Å²) in [4.78, 5) is 24.0. The first-order valence-electron chi connectivity index (χ1n) is 14.8. The number of ether oxygens (including phenoxy) is 1. The molecule has 0 saturated carbocycles. The van der Waals surface area contributed by atoms with Gasteiger partial charge in [-0.3, -0.25) is 9.89 Å². The third kappa shape index (κ3) is 6.69. The van der Waals surface area contributed by atoms with Crippen LogP contribution in [0.3, 0.4) is 0 Å². The monoisotopic (exact) mass is 652 g/mol. The van der Waals surface area contributed by atoms with Crippen molar-refractivity contribution in [2.75, 3.05) is 7.11 Å². The zero-order chi connectivity index (χ0) is 32.0. The maximum absolute atomic E-state index is 12.6. The minimum absolute atomic E-state index is 0.137. The van der Waals surface area contributed by atoms with E-state index >= 15 is 0 Å². The summed E-state index contributed by atoms with van der Waals surface area (Å²) in [7, 11) is 1.65. The number of aromatic amines is 1. The number of benzene rings is 4. The van der Waals surface area contributed by atoms with E-state index in [-0.39, 0.29) is 5.56 Å². The number of imidazole rings is 2. The fraction of sp³-hybridized carbons (Fsp3) is 0.0270. The topological polar surface area (TPSA) is 90.1 Å². The van der Waals surface area contributed by atoms with E-state index < -0.39 is 0 Å². The summed E-state index contributed by atoms with van der Waals surface area (Å²) >= 11 is 3.18. The van der Waals surface area contributed by atoms with Crippen molar-refractivity contribution < 1.29 is 4.74 Å². The van der Waals surface area contributed by atoms with Crippen LogP contribution in [0.1, 0.15) is 0 Å². The first-order valence-corrected chi connectivity index (χ1v) is 16.4. The zero-order valence-corrected chi connectivity index (χ0v) is 26.9. The van der Waals surface area contributed by atoms with E-state index in [1.54, 1.807) is 35.1 Å². The Labute approximate surface area is 279 Å². The largest absolute Gasteiger partial charge is 0.479 e. The molecule has 230 valence electrons. The predicted octanol–water partition coefficient (Wildman–Crippen LogP) is 8.37. The van der Waals surface area contributed by atoms with Gasteiger partial charge >= 0.3 is 0 Å². The maximum Gasteiger partial charge on any atom is 0.297 e. The van der Waals surface area contributed by atoms with Crippen molar-refractivity contribution in [2.24, 2.45) is 0 Å². The lowest BCUT2D eigenvalue weighted by atomic mass is 10.2. The van der Waals surface area contributed by atoms with Crippen molar-refractivity contribution in [3.63, 3.8) is 0 Å². The van der Waals surface area contributed by atoms with Crippen LogP contribution >= 0.6 is 23.5 Å². The fourth-order valence-electron chi connectivity index (χ4n) is 4.92. The highest BCUT2D eigenvalue weighted by Crippen LogP contribution is 2.32. The molecule has 0 fully saturated rings. The maximum atomic E-state index is 12.6. The van der Waals surface area contributed by atoms with Gasteiger partial charge in [0.05, 0.1) is 12.1 Å². The van der Waals surface area contributed by atoms with Crippen LogP contribution in [-0.4, -0.2) is 36.5 Å². The number of methoxy groups -OCH3 is 1. The lowest BCUT2D eigenvalue weighted by molar-refractivity contribution is 0.387. The number of aromatic nitrogens is 6. The Morgan fingerprint density at radius 2 is 1.19 bits per heavy atom. The molecule has 6 aromatic rings. The van der Waals surface area contributed by atoms with E-state index in [1.165, 1.54) is 4.68 Å². The summed E-state index contributed by atoms with van der Waals surface area (Å²) in [6.07, 6.45) is 0. The zero-order valence-electron chi connectivity index (χ0n) is 25.2. The third-order valence-electron chi connectivity index (χ3n) is 7.10. The highest BCUT2D eigenvalue weighted by atomic mass is 32.2. The first kappa shape index (κ1) is 30.1. The number of rotatable bonds is 7. The molecule has 0 spiro atoms. The summed E-state index contributed by atoms with van der Waals surface area (Å²) in [5, 5.41) is 9.60. The van der Waals surface area contributed by atoms with E-state index in [2.05, 4.69) is 32.3 Å². The molecule has 0 radical (unpaired) electrons. The van der Waals surface area contributed by atoms with Crippen LogP contribution < -0.4 is 10.3 Å². The number of hydrogen-bond donors (Lipinski definition) is 1. The molecule has 4 heterocycles. The van der Waals surface area contributed by atoms with Crippen molar-refractivity contribution in [1.82, 2.24) is 29.4 Å². The summed E-state index contributed by atoms with van der Waals surface area (Å²) in [5.41, 5.74) is 3.73. The van der Waals surface area contributed by atoms with Gasteiger partial charge in [-0.1, -0.05) is 121 Å². The van der Waals surface area contributed by atoms with Crippen molar-refractivity contribution in [2.45, 2.75) is 19.8 Å². The average Bonchev–Trinajstić information content (AvgIpc) is 3.67. The van der Waals surface area contributed by atoms with Gasteiger partial charge in [0, 0.05) is 20.9 Å². The SMILES string of the molecule is COc1c(-c2ccccc2)nc2ccc(Sc3ccccc3)nn12.O=c1c(-c2ccccc2)nc2ccc(Sc3ccccc3)[nH]n1-2. The first-order chi connectivity index (χ1) is 23.2. The lowest BCUT2D eigenvalue weighted by Gasteiger charge is -2.06. The molecule has 8 rings (SSSR count). The summed E-state index contributed by atoms with van der Waals surface area (Å²) < 4.78 is 8.84. The molecule has 2 aromatic heterocycles. The van der Waals surface area contributed by atoms with Crippen molar-refractivity contribution in [3.8, 4) is 34.2 Å². The van der Waals surface area contributed by atoms with Crippen molar-refractivity contribution >= 4 is 29.2 Å². The van der Waals surface area contributed by atoms with Gasteiger partial charge in [0.15, 0.2) is 11.5 Å². The van der Waals surface area contributed by atoms with Gasteiger partial charge in [-0.2, -0.15) is 14.3 Å². The Bertz CT molecular complexity index is 2250. The summed E-state index contributed by atoms with van der Waals surface area (Å²) in [5.74, 6) is 1.26. The highest BCUT2D eigenvalue weighted by molar-refractivity contribution is 7.99. The number of fused-ring (bicyclic) bond motifs is 2. The van der Waals surface area contributed by atoms with Crippen LogP contribution in [0.15, 0.2) is 170 Å². The highest BCUT2D eigenvalue weighted by Gasteiger charge is 2.17. The molecule has 8 nitrogen and oxygen atoms in total. The molecule has 0 bridgehead atoms. The Morgan fingerprint density at radius 3 is 1.81 bits per heavy atom. The molecule has 4 aromatic carbocycles. The van der Waals surface area contributed by atoms with Crippen LogP contribution in [0, 0.1) is 0 Å². The smallest absolute Gasteiger partial charge is 0.297 e. The van der Waals surface area contributed by atoms with E-state index in [4.69, 9.17) is 4.74 Å². The number of H-pyrrole nitrogens is 1. The normalized spacial score (nSPS) is 10.9. The quantitative estimate of drug-likeness (QED) is 0.185. The third-order valence-corrected chi connectivity index (χ3v) is 8.99. The molecule has 0 aliphatic carbocycles. The predicted molar refractivity (Wildman–Crippen MR) is 187 cm³/mol. The van der Waals surface area contributed by atoms with E-state index in [0.717, 1.165) is 42.3 Å². The van der Waals surface area contributed by atoms with Gasteiger partial charge < -0.3 is 4.74 Å². The Hall–Kier alpha value is -5.58. The number of nitrogens with zero attached hydrogens (tertiary/aromatic N) is 5. The van der Waals surface area contributed by atoms with Gasteiger partial charge in [-0.15, -0.1) is 0 Å². The van der Waals surface area contributed by atoms with Crippen LogP contribution in [0.4, 0.5) is 0 Å². The molecule has 0 unspecified atom stereocenters. The van der Waals surface area contributed by atoms with E-state index in [0.29, 0.717) is 17.4 Å². The molecule has 0 saturated heterocycles. The Balaban J connectivity index is 0.000000150. The molecular formula is C37H28N6O2S2. The van der Waals surface area contributed by atoms with Crippen LogP contribution in [0.5, 0.6) is 5.88 Å². The average molecular weight is 653 g/mol. The van der Waals surface area contributed by atoms with Crippen LogP contribution in [0.2, 0.25) is 0 Å². The van der Waals surface area contributed by atoms with Gasteiger partial charge in [0.2, 0.25) is 5.88 Å². The number of hydrogen-bond acceptors (Lipinski definition) is 7. The van der Waals surface area contributed by atoms with E-state index in [1.807, 2.05) is 133 Å². The molecule has 2 aliphatic rings. The Morgan fingerprint density at radius 1 is 0.617 bits per heavy atom. The second kappa shape index (κ2) is 13.8. The summed E-state index contributed by atoms with van der Waals surface area (Å²) in [6, 6.07) is 47.5. The summed E-state index contributed by atoms with van der Waals surface area (Å²) in [6.45, 7) is 0. The number of nitrogens with one attached hydrogen (secondary N) is 1. The minimum atomic E-state index is -0.137. The molecule has 0 amide bonds. The molecule has 2 aliphatic heterocycles. The molecule has 10 heteroatoms. The van der Waals surface area contributed by atoms with Gasteiger partial charge in [0.25, 0.3) is 5.56 Å². The molecular weight excluding hydrogens is 625 g/mol. The van der Waals surface area contributed by atoms with Crippen LogP contribution in [-0.2, 0) is 0 Å². The van der Waals surface area contributed by atoms with Crippen molar-refractivity contribution in [3.05, 3.63) is 156 Å². The standard InChI is InChI=1S/C19H15N3OS.C18H13N3OS/c1-23-19-18(14-8-4-2-5-9-14)20-16-12-13-17(21-22(16)19)24-15-10-6-3-7-11-15;22-18-17(13-7-3-1-4-8-13)19-15-11-12-16(20-21(15)18)23-14-9-5-2-6-10-14/h2-13H,1H3;1-12,20H.